The highest BCUT2D eigenvalue weighted by Crippen LogP contribution is 2.29. The molecule has 2 aromatic heterocycles. The first-order chi connectivity index (χ1) is 11.4. The molecule has 0 aliphatic rings. The van der Waals surface area contributed by atoms with Gasteiger partial charge in [-0.1, -0.05) is 60.7 Å². The molecule has 0 saturated heterocycles. The van der Waals surface area contributed by atoms with Crippen molar-refractivity contribution in [2.45, 2.75) is 0 Å². The van der Waals surface area contributed by atoms with Crippen molar-refractivity contribution in [3.8, 4) is 22.6 Å². The lowest BCUT2D eigenvalue weighted by Gasteiger charge is -2.01. The van der Waals surface area contributed by atoms with E-state index >= 15 is 0 Å². The maximum absolute atomic E-state index is 10.8. The van der Waals surface area contributed by atoms with E-state index in [4.69, 9.17) is 4.98 Å². The van der Waals surface area contributed by atoms with Gasteiger partial charge in [-0.05, 0) is 12.1 Å². The van der Waals surface area contributed by atoms with E-state index < -0.39 is 0 Å². The molecule has 0 bridgehead atoms. The highest BCUT2D eigenvalue weighted by atomic mass is 16.1. The second-order valence-electron chi connectivity index (χ2n) is 5.35. The van der Waals surface area contributed by atoms with Crippen LogP contribution in [-0.4, -0.2) is 15.7 Å². The Morgan fingerprint density at radius 1 is 0.783 bits per heavy atom. The van der Waals surface area contributed by atoms with Gasteiger partial charge in [-0.15, -0.1) is 0 Å². The van der Waals surface area contributed by atoms with Crippen LogP contribution in [0.4, 0.5) is 0 Å². The van der Waals surface area contributed by atoms with E-state index in [9.17, 15) is 4.79 Å². The summed E-state index contributed by atoms with van der Waals surface area (Å²) in [6.07, 6.45) is 2.86. The lowest BCUT2D eigenvalue weighted by atomic mass is 10.1. The molecule has 2 heterocycles. The molecule has 0 aliphatic heterocycles. The number of carbonyl (C=O) groups excluding carboxylic acids is 1. The van der Waals surface area contributed by atoms with E-state index in [0.29, 0.717) is 5.56 Å². The van der Waals surface area contributed by atoms with E-state index in [1.807, 2.05) is 60.8 Å². The third-order valence-electron chi connectivity index (χ3n) is 3.90. The zero-order valence-electron chi connectivity index (χ0n) is 12.4. The van der Waals surface area contributed by atoms with Gasteiger partial charge in [-0.3, -0.25) is 9.20 Å². The molecule has 0 unspecified atom stereocenters. The summed E-state index contributed by atoms with van der Waals surface area (Å²) in [5.74, 6) is 0.872. The smallest absolute Gasteiger partial charge is 0.150 e. The summed E-state index contributed by atoms with van der Waals surface area (Å²) in [6, 6.07) is 23.7. The average Bonchev–Trinajstić information content (AvgIpc) is 3.02. The fraction of sp³-hybridized carbons (Fsp3) is 0. The fourth-order valence-corrected chi connectivity index (χ4v) is 2.76. The molecule has 3 heteroatoms. The summed E-state index contributed by atoms with van der Waals surface area (Å²) in [6.45, 7) is 0. The van der Waals surface area contributed by atoms with E-state index in [1.54, 1.807) is 0 Å². The van der Waals surface area contributed by atoms with Crippen molar-refractivity contribution >= 4 is 11.8 Å². The van der Waals surface area contributed by atoms with Gasteiger partial charge in [-0.2, -0.15) is 0 Å². The van der Waals surface area contributed by atoms with Gasteiger partial charge in [0.2, 0.25) is 0 Å². The lowest BCUT2D eigenvalue weighted by Crippen LogP contribution is -1.89. The van der Waals surface area contributed by atoms with Crippen molar-refractivity contribution in [2.24, 2.45) is 0 Å². The first kappa shape index (κ1) is 13.5. The number of carbonyl (C=O) groups is 1. The van der Waals surface area contributed by atoms with Crippen molar-refractivity contribution in [2.75, 3.05) is 0 Å². The number of hydrogen-bond acceptors (Lipinski definition) is 2. The quantitative estimate of drug-likeness (QED) is 0.523. The Hall–Kier alpha value is -3.20. The van der Waals surface area contributed by atoms with Crippen molar-refractivity contribution in [3.05, 3.63) is 84.6 Å². The molecule has 0 atom stereocenters. The summed E-state index contributed by atoms with van der Waals surface area (Å²) < 4.78 is 2.08. The first-order valence-corrected chi connectivity index (χ1v) is 7.45. The number of fused-ring (bicyclic) bond motifs is 1. The molecule has 0 fully saturated rings. The summed E-state index contributed by atoms with van der Waals surface area (Å²) in [7, 11) is 0. The molecule has 2 aromatic carbocycles. The minimum absolute atomic E-state index is 0.665. The zero-order chi connectivity index (χ0) is 15.6. The van der Waals surface area contributed by atoms with E-state index in [2.05, 4.69) is 22.6 Å². The van der Waals surface area contributed by atoms with Crippen LogP contribution in [0.15, 0.2) is 79.0 Å². The first-order valence-electron chi connectivity index (χ1n) is 7.45. The summed E-state index contributed by atoms with van der Waals surface area (Å²) in [4.78, 5) is 15.7. The molecule has 0 N–H and O–H groups in total. The van der Waals surface area contributed by atoms with Gasteiger partial charge in [-0.25, -0.2) is 4.98 Å². The zero-order valence-corrected chi connectivity index (χ0v) is 12.4. The van der Waals surface area contributed by atoms with Gasteiger partial charge in [0, 0.05) is 22.9 Å². The standard InChI is InChI=1S/C20H14N2O/c23-14-15-9-11-17(12-10-15)20-21-19(16-6-2-1-3-7-16)18-8-4-5-13-22(18)20/h1-14H. The van der Waals surface area contributed by atoms with Gasteiger partial charge >= 0.3 is 0 Å². The second kappa shape index (κ2) is 5.54. The SMILES string of the molecule is O=Cc1ccc(-c2nc(-c3ccccc3)c3ccccn23)cc1. The lowest BCUT2D eigenvalue weighted by molar-refractivity contribution is 0.112. The monoisotopic (exact) mass is 298 g/mol. The predicted molar refractivity (Wildman–Crippen MR) is 91.5 cm³/mol. The molecule has 4 rings (SSSR count). The van der Waals surface area contributed by atoms with Crippen LogP contribution in [0, 0.1) is 0 Å². The Bertz CT molecular complexity index is 970. The number of aldehydes is 1. The number of pyridine rings is 1. The topological polar surface area (TPSA) is 34.4 Å². The number of rotatable bonds is 3. The molecular formula is C20H14N2O. The predicted octanol–water partition coefficient (Wildman–Crippen LogP) is 4.48. The molecule has 4 aromatic rings. The largest absolute Gasteiger partial charge is 0.299 e. The van der Waals surface area contributed by atoms with Crippen molar-refractivity contribution in [1.29, 1.82) is 0 Å². The molecule has 0 spiro atoms. The van der Waals surface area contributed by atoms with Crippen LogP contribution in [0.25, 0.3) is 28.2 Å². The van der Waals surface area contributed by atoms with E-state index in [-0.39, 0.29) is 0 Å². The molecule has 110 valence electrons. The minimum Gasteiger partial charge on any atom is -0.299 e. The van der Waals surface area contributed by atoms with Gasteiger partial charge in [0.25, 0.3) is 0 Å². The highest BCUT2D eigenvalue weighted by molar-refractivity contribution is 5.82. The minimum atomic E-state index is 0.665. The Morgan fingerprint density at radius 3 is 2.26 bits per heavy atom. The summed E-state index contributed by atoms with van der Waals surface area (Å²) in [5.41, 5.74) is 4.76. The van der Waals surface area contributed by atoms with E-state index in [0.717, 1.165) is 34.4 Å². The van der Waals surface area contributed by atoms with Crippen LogP contribution < -0.4 is 0 Å². The van der Waals surface area contributed by atoms with E-state index in [1.165, 1.54) is 0 Å². The normalized spacial score (nSPS) is 10.8. The third-order valence-corrected chi connectivity index (χ3v) is 3.90. The Morgan fingerprint density at radius 2 is 1.52 bits per heavy atom. The number of nitrogens with zero attached hydrogens (tertiary/aromatic N) is 2. The fourth-order valence-electron chi connectivity index (χ4n) is 2.76. The molecule has 23 heavy (non-hydrogen) atoms. The van der Waals surface area contributed by atoms with Gasteiger partial charge in [0.15, 0.2) is 0 Å². The number of hydrogen-bond donors (Lipinski definition) is 0. The van der Waals surface area contributed by atoms with Crippen LogP contribution in [0.1, 0.15) is 10.4 Å². The van der Waals surface area contributed by atoms with Gasteiger partial charge < -0.3 is 0 Å². The Labute approximate surface area is 133 Å². The number of imidazole rings is 1. The molecule has 3 nitrogen and oxygen atoms in total. The van der Waals surface area contributed by atoms with Crippen LogP contribution in [0.5, 0.6) is 0 Å². The molecule has 0 radical (unpaired) electrons. The second-order valence-corrected chi connectivity index (χ2v) is 5.35. The highest BCUT2D eigenvalue weighted by Gasteiger charge is 2.13. The summed E-state index contributed by atoms with van der Waals surface area (Å²) >= 11 is 0. The van der Waals surface area contributed by atoms with Crippen LogP contribution in [0.2, 0.25) is 0 Å². The molecule has 0 aliphatic carbocycles. The number of aromatic nitrogens is 2. The maximum Gasteiger partial charge on any atom is 0.150 e. The van der Waals surface area contributed by atoms with Crippen molar-refractivity contribution < 1.29 is 4.79 Å². The molecular weight excluding hydrogens is 284 g/mol. The number of benzene rings is 2. The van der Waals surface area contributed by atoms with Crippen LogP contribution in [-0.2, 0) is 0 Å². The van der Waals surface area contributed by atoms with Crippen LogP contribution >= 0.6 is 0 Å². The van der Waals surface area contributed by atoms with Gasteiger partial charge in [0.1, 0.15) is 12.1 Å². The van der Waals surface area contributed by atoms with Gasteiger partial charge in [0.05, 0.1) is 11.2 Å². The summed E-state index contributed by atoms with van der Waals surface area (Å²) in [5, 5.41) is 0. The van der Waals surface area contributed by atoms with Crippen molar-refractivity contribution in [3.63, 3.8) is 0 Å². The Kier molecular flexibility index (Phi) is 3.24. The average molecular weight is 298 g/mol. The van der Waals surface area contributed by atoms with Crippen LogP contribution in [0.3, 0.4) is 0 Å². The Balaban J connectivity index is 1.95. The molecule has 0 amide bonds. The van der Waals surface area contributed by atoms with Crippen molar-refractivity contribution in [1.82, 2.24) is 9.38 Å². The maximum atomic E-state index is 10.8. The third kappa shape index (κ3) is 2.32. The molecule has 0 saturated carbocycles.